The normalized spacial score (nSPS) is 14.7. The third kappa shape index (κ3) is 10.2. The van der Waals surface area contributed by atoms with Gasteiger partial charge in [0.1, 0.15) is 0 Å². The highest BCUT2D eigenvalue weighted by atomic mass is 14.9. The van der Waals surface area contributed by atoms with E-state index in [4.69, 9.17) is 0 Å². The minimum Gasteiger partial charge on any atom is -0.306 e. The molecule has 0 fully saturated rings. The predicted molar refractivity (Wildman–Crippen MR) is 102 cm³/mol. The molecule has 0 bridgehead atoms. The SMILES string of the molecule is C=CC(C/C=C(\C=C/CC)CC)NCC(/C=C\C(=C)C)=C/C. The first-order chi connectivity index (χ1) is 10.6. The first kappa shape index (κ1) is 20.4. The summed E-state index contributed by atoms with van der Waals surface area (Å²) in [5.74, 6) is 0. The molecule has 0 saturated heterocycles. The molecule has 0 aromatic heterocycles. The average Bonchev–Trinajstić information content (AvgIpc) is 2.52. The van der Waals surface area contributed by atoms with Crippen LogP contribution in [0.25, 0.3) is 0 Å². The van der Waals surface area contributed by atoms with Crippen LogP contribution in [0.4, 0.5) is 0 Å². The topological polar surface area (TPSA) is 12.0 Å². The zero-order valence-corrected chi connectivity index (χ0v) is 14.9. The van der Waals surface area contributed by atoms with Crippen LogP contribution in [0, 0.1) is 0 Å². The lowest BCUT2D eigenvalue weighted by atomic mass is 10.1. The van der Waals surface area contributed by atoms with E-state index in [0.29, 0.717) is 6.04 Å². The molecule has 0 aliphatic heterocycles. The van der Waals surface area contributed by atoms with Gasteiger partial charge in [0.15, 0.2) is 0 Å². The van der Waals surface area contributed by atoms with Crippen LogP contribution in [0.2, 0.25) is 0 Å². The monoisotopic (exact) mass is 299 g/mol. The van der Waals surface area contributed by atoms with Crippen LogP contribution in [0.1, 0.15) is 47.0 Å². The van der Waals surface area contributed by atoms with Crippen molar-refractivity contribution in [2.24, 2.45) is 0 Å². The molecule has 0 aromatic carbocycles. The van der Waals surface area contributed by atoms with Crippen LogP contribution in [-0.4, -0.2) is 12.6 Å². The molecule has 122 valence electrons. The Labute approximate surface area is 137 Å². The van der Waals surface area contributed by atoms with Gasteiger partial charge in [0, 0.05) is 12.6 Å². The van der Waals surface area contributed by atoms with E-state index in [1.165, 1.54) is 11.1 Å². The molecule has 1 heteroatoms. The van der Waals surface area contributed by atoms with Gasteiger partial charge in [-0.3, -0.25) is 0 Å². The van der Waals surface area contributed by atoms with Crippen molar-refractivity contribution in [3.05, 3.63) is 72.4 Å². The maximum absolute atomic E-state index is 3.94. The molecule has 1 N–H and O–H groups in total. The summed E-state index contributed by atoms with van der Waals surface area (Å²) in [4.78, 5) is 0. The molecule has 0 spiro atoms. The van der Waals surface area contributed by atoms with E-state index >= 15 is 0 Å². The molecular formula is C21H33N. The molecule has 22 heavy (non-hydrogen) atoms. The highest BCUT2D eigenvalue weighted by Crippen LogP contribution is 2.08. The van der Waals surface area contributed by atoms with Crippen LogP contribution in [0.3, 0.4) is 0 Å². The standard InChI is InChI=1S/C21H33N/c1-7-11-12-19(8-2)15-16-21(10-4)22-17-20(9-3)14-13-18(5)6/h9-15,21-22H,4-5,7-8,16-17H2,1-3,6H3/b12-11-,14-13-,19-15-,20-9+. The van der Waals surface area contributed by atoms with Crippen LogP contribution >= 0.6 is 0 Å². The predicted octanol–water partition coefficient (Wildman–Crippen LogP) is 5.90. The highest BCUT2D eigenvalue weighted by Gasteiger charge is 2.02. The number of hydrogen-bond acceptors (Lipinski definition) is 1. The largest absolute Gasteiger partial charge is 0.306 e. The number of rotatable bonds is 11. The molecule has 1 atom stereocenters. The quantitative estimate of drug-likeness (QED) is 0.370. The summed E-state index contributed by atoms with van der Waals surface area (Å²) in [6.07, 6.45) is 18.2. The second-order valence-electron chi connectivity index (χ2n) is 5.45. The molecule has 0 radical (unpaired) electrons. The van der Waals surface area contributed by atoms with Crippen LogP contribution in [0.15, 0.2) is 72.4 Å². The van der Waals surface area contributed by atoms with Crippen molar-refractivity contribution in [3.63, 3.8) is 0 Å². The Kier molecular flexibility index (Phi) is 12.1. The number of nitrogens with one attached hydrogen (secondary N) is 1. The average molecular weight is 300 g/mol. The Bertz CT molecular complexity index is 447. The Morgan fingerprint density at radius 2 is 1.86 bits per heavy atom. The van der Waals surface area contributed by atoms with E-state index < -0.39 is 0 Å². The van der Waals surface area contributed by atoms with Gasteiger partial charge in [-0.2, -0.15) is 0 Å². The molecular weight excluding hydrogens is 266 g/mol. The summed E-state index contributed by atoms with van der Waals surface area (Å²) in [7, 11) is 0. The van der Waals surface area contributed by atoms with Crippen molar-refractivity contribution in [2.75, 3.05) is 6.54 Å². The van der Waals surface area contributed by atoms with Crippen molar-refractivity contribution >= 4 is 0 Å². The Morgan fingerprint density at radius 1 is 1.14 bits per heavy atom. The Morgan fingerprint density at radius 3 is 2.36 bits per heavy atom. The first-order valence-corrected chi connectivity index (χ1v) is 8.27. The maximum Gasteiger partial charge on any atom is 0.0285 e. The van der Waals surface area contributed by atoms with Gasteiger partial charge in [-0.1, -0.05) is 74.1 Å². The highest BCUT2D eigenvalue weighted by molar-refractivity contribution is 5.26. The molecule has 1 nitrogen and oxygen atoms in total. The fourth-order valence-corrected chi connectivity index (χ4v) is 1.90. The zero-order chi connectivity index (χ0) is 16.8. The minimum absolute atomic E-state index is 0.296. The van der Waals surface area contributed by atoms with E-state index in [-0.39, 0.29) is 0 Å². The summed E-state index contributed by atoms with van der Waals surface area (Å²) in [6.45, 7) is 17.1. The van der Waals surface area contributed by atoms with Crippen molar-refractivity contribution in [3.8, 4) is 0 Å². The molecule has 0 rings (SSSR count). The molecule has 0 saturated carbocycles. The summed E-state index contributed by atoms with van der Waals surface area (Å²) in [5.41, 5.74) is 3.72. The molecule has 0 amide bonds. The van der Waals surface area contributed by atoms with Crippen LogP contribution < -0.4 is 5.32 Å². The molecule has 1 unspecified atom stereocenters. The van der Waals surface area contributed by atoms with Gasteiger partial charge in [-0.15, -0.1) is 6.58 Å². The van der Waals surface area contributed by atoms with Gasteiger partial charge in [-0.25, -0.2) is 0 Å². The fourth-order valence-electron chi connectivity index (χ4n) is 1.90. The number of allylic oxidation sites excluding steroid dienone is 6. The van der Waals surface area contributed by atoms with Gasteiger partial charge in [0.2, 0.25) is 0 Å². The van der Waals surface area contributed by atoms with Gasteiger partial charge >= 0.3 is 0 Å². The maximum atomic E-state index is 3.94. The summed E-state index contributed by atoms with van der Waals surface area (Å²) < 4.78 is 0. The third-order valence-electron chi connectivity index (χ3n) is 3.42. The third-order valence-corrected chi connectivity index (χ3v) is 3.42. The summed E-state index contributed by atoms with van der Waals surface area (Å²) in [6, 6.07) is 0.296. The van der Waals surface area contributed by atoms with E-state index in [1.54, 1.807) is 0 Å². The fraction of sp³-hybridized carbons (Fsp3) is 0.429. The zero-order valence-electron chi connectivity index (χ0n) is 14.9. The van der Waals surface area contributed by atoms with Crippen LogP contribution in [-0.2, 0) is 0 Å². The second-order valence-corrected chi connectivity index (χ2v) is 5.45. The van der Waals surface area contributed by atoms with Gasteiger partial charge in [0.05, 0.1) is 0 Å². The minimum atomic E-state index is 0.296. The van der Waals surface area contributed by atoms with E-state index in [9.17, 15) is 0 Å². The second kappa shape index (κ2) is 13.1. The molecule has 0 aliphatic carbocycles. The van der Waals surface area contributed by atoms with Crippen LogP contribution in [0.5, 0.6) is 0 Å². The van der Waals surface area contributed by atoms with Crippen molar-refractivity contribution in [1.82, 2.24) is 5.32 Å². The molecule has 0 aliphatic rings. The lowest BCUT2D eigenvalue weighted by Gasteiger charge is -2.14. The van der Waals surface area contributed by atoms with Crippen molar-refractivity contribution in [1.29, 1.82) is 0 Å². The van der Waals surface area contributed by atoms with Crippen molar-refractivity contribution < 1.29 is 0 Å². The van der Waals surface area contributed by atoms with Crippen molar-refractivity contribution in [2.45, 2.75) is 53.0 Å². The Balaban J connectivity index is 4.54. The summed E-state index contributed by atoms with van der Waals surface area (Å²) in [5, 5.41) is 3.54. The Hall–Kier alpha value is -1.60. The first-order valence-electron chi connectivity index (χ1n) is 8.27. The van der Waals surface area contributed by atoms with Gasteiger partial charge in [0.25, 0.3) is 0 Å². The van der Waals surface area contributed by atoms with Gasteiger partial charge in [-0.05, 0) is 38.7 Å². The summed E-state index contributed by atoms with van der Waals surface area (Å²) >= 11 is 0. The molecule has 0 heterocycles. The smallest absolute Gasteiger partial charge is 0.0285 e. The van der Waals surface area contributed by atoms with E-state index in [2.05, 4.69) is 69.6 Å². The number of hydrogen-bond donors (Lipinski definition) is 1. The lowest BCUT2D eigenvalue weighted by molar-refractivity contribution is 0.633. The van der Waals surface area contributed by atoms with E-state index in [1.807, 2.05) is 19.1 Å². The van der Waals surface area contributed by atoms with E-state index in [0.717, 1.165) is 31.4 Å². The lowest BCUT2D eigenvalue weighted by Crippen LogP contribution is -2.28. The molecule has 0 aromatic rings. The van der Waals surface area contributed by atoms with Gasteiger partial charge < -0.3 is 5.32 Å².